The Balaban J connectivity index is 1.27. The lowest BCUT2D eigenvalue weighted by atomic mass is 9.75. The summed E-state index contributed by atoms with van der Waals surface area (Å²) in [5, 5.41) is 0. The van der Waals surface area contributed by atoms with E-state index in [-0.39, 0.29) is 17.8 Å². The van der Waals surface area contributed by atoms with Gasteiger partial charge in [-0.05, 0) is 47.5 Å². The molecule has 5 atom stereocenters. The lowest BCUT2D eigenvalue weighted by Crippen LogP contribution is -2.61. The molecule has 45 heavy (non-hydrogen) atoms. The van der Waals surface area contributed by atoms with Gasteiger partial charge < -0.3 is 19.1 Å². The van der Waals surface area contributed by atoms with Gasteiger partial charge in [-0.3, -0.25) is 4.79 Å². The second-order valence-corrected chi connectivity index (χ2v) is 12.2. The van der Waals surface area contributed by atoms with Gasteiger partial charge in [0.15, 0.2) is 6.29 Å². The summed E-state index contributed by atoms with van der Waals surface area (Å²) in [5.74, 6) is -0.158. The number of β-lactam (4-membered cyclic amide) rings is 1. The molecule has 2 fully saturated rings. The van der Waals surface area contributed by atoms with Crippen LogP contribution in [-0.4, -0.2) is 12.0 Å². The molecule has 1 amide bonds. The van der Waals surface area contributed by atoms with Crippen LogP contribution in [0.25, 0.3) is 0 Å². The van der Waals surface area contributed by atoms with Crippen LogP contribution in [-0.2, 0) is 20.9 Å². The highest BCUT2D eigenvalue weighted by atomic mass is 79.9. The van der Waals surface area contributed by atoms with Gasteiger partial charge in [0.1, 0.15) is 18.2 Å². The van der Waals surface area contributed by atoms with Gasteiger partial charge in [0, 0.05) is 27.7 Å². The molecule has 0 spiro atoms. The molecule has 1 unspecified atom stereocenters. The number of halogens is 2. The summed E-state index contributed by atoms with van der Waals surface area (Å²) in [6.07, 6.45) is -1.14. The molecule has 0 aromatic heterocycles. The summed E-state index contributed by atoms with van der Waals surface area (Å²) in [4.78, 5) is 16.1. The third-order valence-corrected chi connectivity index (χ3v) is 8.95. The highest BCUT2D eigenvalue weighted by molar-refractivity contribution is 9.10. The monoisotopic (exact) mass is 663 g/mol. The van der Waals surface area contributed by atoms with Gasteiger partial charge in [-0.25, -0.2) is 4.39 Å². The molecule has 0 N–H and O–H groups in total. The molecule has 7 rings (SSSR count). The zero-order valence-corrected chi connectivity index (χ0v) is 25.9. The van der Waals surface area contributed by atoms with E-state index in [1.807, 2.05) is 114 Å². The maximum Gasteiger partial charge on any atom is 0.235 e. The first-order valence-electron chi connectivity index (χ1n) is 15.0. The Morgan fingerprint density at radius 2 is 1.44 bits per heavy atom. The molecule has 5 nitrogen and oxygen atoms in total. The Labute approximate surface area is 270 Å². The fraction of sp³-hybridized carbons (Fsp3) is 0.184. The predicted molar refractivity (Wildman–Crippen MR) is 174 cm³/mol. The number of anilines is 1. The molecule has 0 radical (unpaired) electrons. The van der Waals surface area contributed by atoms with Crippen LogP contribution in [0.2, 0.25) is 0 Å². The number of hydrogen-bond acceptors (Lipinski definition) is 4. The van der Waals surface area contributed by atoms with Crippen LogP contribution in [0.5, 0.6) is 5.75 Å². The number of carbonyl (C=O) groups excluding carboxylic acids is 1. The van der Waals surface area contributed by atoms with Crippen molar-refractivity contribution >= 4 is 27.5 Å². The van der Waals surface area contributed by atoms with Gasteiger partial charge >= 0.3 is 0 Å². The van der Waals surface area contributed by atoms with Crippen molar-refractivity contribution in [2.45, 2.75) is 37.6 Å². The summed E-state index contributed by atoms with van der Waals surface area (Å²) in [6.45, 7) is 0.386. The zero-order valence-electron chi connectivity index (χ0n) is 24.3. The summed E-state index contributed by atoms with van der Waals surface area (Å²) in [6, 6.07) is 41.4. The highest BCUT2D eigenvalue weighted by Gasteiger charge is 2.56. The van der Waals surface area contributed by atoms with E-state index in [0.29, 0.717) is 18.8 Å². The molecule has 5 aromatic carbocycles. The van der Waals surface area contributed by atoms with Crippen LogP contribution < -0.4 is 9.64 Å². The van der Waals surface area contributed by atoms with Crippen LogP contribution >= 0.6 is 15.9 Å². The second kappa shape index (κ2) is 13.0. The maximum absolute atomic E-state index is 14.2. The minimum Gasteiger partial charge on any atom is -0.489 e. The Kier molecular flexibility index (Phi) is 8.48. The van der Waals surface area contributed by atoms with E-state index >= 15 is 0 Å². The fourth-order valence-electron chi connectivity index (χ4n) is 6.25. The Morgan fingerprint density at radius 1 is 0.778 bits per heavy atom. The largest absolute Gasteiger partial charge is 0.489 e. The molecule has 0 saturated carbocycles. The second-order valence-electron chi connectivity index (χ2n) is 11.3. The molecule has 0 aliphatic carbocycles. The topological polar surface area (TPSA) is 48.0 Å². The third-order valence-electron chi connectivity index (χ3n) is 8.45. The van der Waals surface area contributed by atoms with Gasteiger partial charge in [0.2, 0.25) is 5.91 Å². The van der Waals surface area contributed by atoms with Gasteiger partial charge in [-0.1, -0.05) is 113 Å². The molecule has 5 aromatic rings. The predicted octanol–water partition coefficient (Wildman–Crippen LogP) is 9.12. The van der Waals surface area contributed by atoms with E-state index in [4.69, 9.17) is 14.2 Å². The first-order chi connectivity index (χ1) is 22.0. The quantitative estimate of drug-likeness (QED) is 0.155. The van der Waals surface area contributed by atoms with Crippen LogP contribution in [0, 0.1) is 11.7 Å². The molecule has 226 valence electrons. The molecule has 0 bridgehead atoms. The van der Waals surface area contributed by atoms with Gasteiger partial charge in [0.05, 0.1) is 24.2 Å². The SMILES string of the molecule is O=C1[C@H]([C@H]2C[C@@H](c3ccc(F)cc3)OC(c3ccccc3)O2)[C@@H](c2ccc(Br)cc2OCc2ccccc2)N1c1ccccc1. The van der Waals surface area contributed by atoms with E-state index < -0.39 is 24.4 Å². The van der Waals surface area contributed by atoms with Gasteiger partial charge in [-0.2, -0.15) is 0 Å². The van der Waals surface area contributed by atoms with Crippen molar-refractivity contribution in [1.29, 1.82) is 0 Å². The number of amides is 1. The normalized spacial score (nSPS) is 22.9. The standard InChI is InChI=1S/C38H31BrFNO4/c39-28-18-21-31(33(22-28)43-24-25-10-4-1-5-11-25)36-35(37(42)41(36)30-14-8-3-9-15-30)34-23-32(26-16-19-29(40)20-17-26)44-38(45-34)27-12-6-2-7-13-27/h1-22,32,34-36,38H,23-24H2/t32-,34+,35+,36+,38?/m0/s1. The lowest BCUT2D eigenvalue weighted by Gasteiger charge is -2.52. The molecule has 2 aliphatic heterocycles. The van der Waals surface area contributed by atoms with Crippen molar-refractivity contribution in [2.24, 2.45) is 5.92 Å². The molecule has 7 heteroatoms. The van der Waals surface area contributed by atoms with Gasteiger partial charge in [-0.15, -0.1) is 0 Å². The third kappa shape index (κ3) is 6.16. The molecular formula is C38H31BrFNO4. The number of benzene rings is 5. The molecule has 2 aliphatic rings. The van der Waals surface area contributed by atoms with Crippen molar-refractivity contribution in [1.82, 2.24) is 0 Å². The Bertz CT molecular complexity index is 1750. The summed E-state index contributed by atoms with van der Waals surface area (Å²) >= 11 is 3.62. The minimum atomic E-state index is -0.696. The van der Waals surface area contributed by atoms with E-state index in [9.17, 15) is 9.18 Å². The van der Waals surface area contributed by atoms with Crippen molar-refractivity contribution in [2.75, 3.05) is 4.90 Å². The van der Waals surface area contributed by atoms with Crippen molar-refractivity contribution in [3.05, 3.63) is 166 Å². The van der Waals surface area contributed by atoms with E-state index in [2.05, 4.69) is 15.9 Å². The smallest absolute Gasteiger partial charge is 0.235 e. The number of carbonyl (C=O) groups is 1. The van der Waals surface area contributed by atoms with Crippen molar-refractivity contribution in [3.63, 3.8) is 0 Å². The number of ether oxygens (including phenoxy) is 3. The van der Waals surface area contributed by atoms with E-state index in [1.54, 1.807) is 12.1 Å². The number of rotatable bonds is 8. The maximum atomic E-state index is 14.2. The lowest BCUT2D eigenvalue weighted by molar-refractivity contribution is -0.263. The van der Waals surface area contributed by atoms with Crippen LogP contribution in [0.1, 0.15) is 47.1 Å². The zero-order chi connectivity index (χ0) is 30.8. The van der Waals surface area contributed by atoms with Crippen molar-refractivity contribution in [3.8, 4) is 5.75 Å². The Hall–Kier alpha value is -4.30. The summed E-state index contributed by atoms with van der Waals surface area (Å²) in [7, 11) is 0. The van der Waals surface area contributed by atoms with E-state index in [1.165, 1.54) is 12.1 Å². The molecular weight excluding hydrogens is 633 g/mol. The van der Waals surface area contributed by atoms with Crippen molar-refractivity contribution < 1.29 is 23.4 Å². The minimum absolute atomic E-state index is 0.0281. The summed E-state index contributed by atoms with van der Waals surface area (Å²) in [5.41, 5.74) is 4.44. The number of nitrogens with zero attached hydrogens (tertiary/aromatic N) is 1. The Morgan fingerprint density at radius 3 is 2.16 bits per heavy atom. The van der Waals surface area contributed by atoms with Crippen LogP contribution in [0.15, 0.2) is 138 Å². The highest BCUT2D eigenvalue weighted by Crippen LogP contribution is 2.52. The fourth-order valence-corrected chi connectivity index (χ4v) is 6.59. The summed E-state index contributed by atoms with van der Waals surface area (Å²) < 4.78 is 34.3. The average Bonchev–Trinajstić information content (AvgIpc) is 3.08. The first kappa shape index (κ1) is 29.4. The number of hydrogen-bond donors (Lipinski definition) is 0. The van der Waals surface area contributed by atoms with Crippen LogP contribution in [0.4, 0.5) is 10.1 Å². The van der Waals surface area contributed by atoms with E-state index in [0.717, 1.165) is 32.4 Å². The molecule has 2 saturated heterocycles. The first-order valence-corrected chi connectivity index (χ1v) is 15.8. The molecule has 2 heterocycles. The number of para-hydroxylation sites is 1. The van der Waals surface area contributed by atoms with Gasteiger partial charge in [0.25, 0.3) is 0 Å². The average molecular weight is 665 g/mol. The van der Waals surface area contributed by atoms with Crippen LogP contribution in [0.3, 0.4) is 0 Å².